The number of rotatable bonds is 2. The molecule has 0 fully saturated rings. The molecule has 7 heteroatoms. The van der Waals surface area contributed by atoms with Gasteiger partial charge in [0.1, 0.15) is 11.3 Å². The zero-order valence-corrected chi connectivity index (χ0v) is 17.6. The maximum absolute atomic E-state index is 13.5. The van der Waals surface area contributed by atoms with Crippen LogP contribution in [0.3, 0.4) is 0 Å². The molecule has 1 aliphatic rings. The van der Waals surface area contributed by atoms with Crippen LogP contribution < -0.4 is 10.3 Å². The minimum absolute atomic E-state index is 0.0110. The van der Waals surface area contributed by atoms with E-state index < -0.39 is 11.9 Å². The smallest absolute Gasteiger partial charge is 0.295 e. The number of phenols is 1. The first kappa shape index (κ1) is 18.9. The summed E-state index contributed by atoms with van der Waals surface area (Å²) in [6.07, 6.45) is 0. The van der Waals surface area contributed by atoms with Crippen molar-refractivity contribution in [3.63, 3.8) is 0 Å². The Labute approximate surface area is 184 Å². The van der Waals surface area contributed by atoms with Crippen LogP contribution in [-0.2, 0) is 0 Å². The van der Waals surface area contributed by atoms with Crippen LogP contribution in [0.5, 0.6) is 5.75 Å². The molecule has 1 amide bonds. The number of aromatic hydroxyl groups is 1. The van der Waals surface area contributed by atoms with E-state index in [4.69, 9.17) is 16.0 Å². The molecule has 0 radical (unpaired) electrons. The van der Waals surface area contributed by atoms with Crippen molar-refractivity contribution < 1.29 is 14.3 Å². The average molecular weight is 483 g/mol. The maximum atomic E-state index is 13.5. The third kappa shape index (κ3) is 2.91. The summed E-state index contributed by atoms with van der Waals surface area (Å²) in [6, 6.07) is 17.7. The van der Waals surface area contributed by atoms with Crippen LogP contribution in [0.15, 0.2) is 80.4 Å². The van der Waals surface area contributed by atoms with Gasteiger partial charge in [-0.2, -0.15) is 0 Å². The van der Waals surface area contributed by atoms with Gasteiger partial charge in [0.25, 0.3) is 5.91 Å². The lowest BCUT2D eigenvalue weighted by atomic mass is 9.98. The van der Waals surface area contributed by atoms with E-state index in [9.17, 15) is 14.7 Å². The van der Waals surface area contributed by atoms with E-state index in [0.717, 1.165) is 4.47 Å². The zero-order chi connectivity index (χ0) is 21.0. The summed E-state index contributed by atoms with van der Waals surface area (Å²) >= 11 is 9.52. The van der Waals surface area contributed by atoms with Crippen LogP contribution in [0.1, 0.15) is 27.7 Å². The average Bonchev–Trinajstić information content (AvgIpc) is 3.01. The molecular formula is C23H13BrClNO4. The number of halogens is 2. The predicted octanol–water partition coefficient (Wildman–Crippen LogP) is 5.66. The summed E-state index contributed by atoms with van der Waals surface area (Å²) < 4.78 is 6.68. The molecule has 0 bridgehead atoms. The fraction of sp³-hybridized carbons (Fsp3) is 0.0435. The lowest BCUT2D eigenvalue weighted by molar-refractivity contribution is 0.0971. The van der Waals surface area contributed by atoms with Crippen molar-refractivity contribution in [2.24, 2.45) is 0 Å². The number of benzene rings is 3. The van der Waals surface area contributed by atoms with Gasteiger partial charge in [0.05, 0.1) is 17.0 Å². The van der Waals surface area contributed by atoms with E-state index in [2.05, 4.69) is 15.9 Å². The Hall–Kier alpha value is -3.09. The van der Waals surface area contributed by atoms with E-state index >= 15 is 0 Å². The standard InChI is InChI=1S/C23H13BrClNO4/c24-13-4-2-5-15(10-13)26-20(12-3-1-6-16(27)9-12)19-21(28)17-11-14(25)7-8-18(17)30-22(19)23(26)29/h1-11,20,27H. The third-order valence-electron chi connectivity index (χ3n) is 5.10. The molecule has 0 aliphatic carbocycles. The number of anilines is 1. The van der Waals surface area contributed by atoms with E-state index in [1.54, 1.807) is 48.5 Å². The van der Waals surface area contributed by atoms with Crippen LogP contribution in [0.25, 0.3) is 11.0 Å². The Balaban J connectivity index is 1.84. The van der Waals surface area contributed by atoms with Gasteiger partial charge in [-0.05, 0) is 54.1 Å². The Morgan fingerprint density at radius 3 is 2.57 bits per heavy atom. The van der Waals surface area contributed by atoms with Crippen LogP contribution >= 0.6 is 27.5 Å². The van der Waals surface area contributed by atoms with Crippen molar-refractivity contribution in [2.75, 3.05) is 4.90 Å². The number of fused-ring (bicyclic) bond motifs is 2. The van der Waals surface area contributed by atoms with Gasteiger partial charge in [0.2, 0.25) is 5.76 Å². The summed E-state index contributed by atoms with van der Waals surface area (Å²) in [5, 5.41) is 10.7. The molecule has 0 saturated carbocycles. The van der Waals surface area contributed by atoms with Crippen molar-refractivity contribution in [3.8, 4) is 5.75 Å². The summed E-state index contributed by atoms with van der Waals surface area (Å²) in [6.45, 7) is 0. The van der Waals surface area contributed by atoms with Gasteiger partial charge in [0, 0.05) is 15.2 Å². The van der Waals surface area contributed by atoms with Gasteiger partial charge in [-0.25, -0.2) is 0 Å². The highest BCUT2D eigenvalue weighted by Crippen LogP contribution is 2.42. The van der Waals surface area contributed by atoms with E-state index in [1.165, 1.54) is 17.0 Å². The second-order valence-corrected chi connectivity index (χ2v) is 8.32. The van der Waals surface area contributed by atoms with Crippen LogP contribution in [0.4, 0.5) is 5.69 Å². The number of amides is 1. The van der Waals surface area contributed by atoms with Gasteiger partial charge in [-0.15, -0.1) is 0 Å². The molecule has 2 heterocycles. The Morgan fingerprint density at radius 2 is 1.80 bits per heavy atom. The minimum Gasteiger partial charge on any atom is -0.508 e. The lowest BCUT2D eigenvalue weighted by Gasteiger charge is -2.25. The largest absolute Gasteiger partial charge is 0.508 e. The number of carbonyl (C=O) groups is 1. The first-order valence-electron chi connectivity index (χ1n) is 9.08. The summed E-state index contributed by atoms with van der Waals surface area (Å²) in [5.41, 5.74) is 1.38. The highest BCUT2D eigenvalue weighted by molar-refractivity contribution is 9.10. The van der Waals surface area contributed by atoms with Gasteiger partial charge in [0.15, 0.2) is 5.43 Å². The monoisotopic (exact) mass is 481 g/mol. The quantitative estimate of drug-likeness (QED) is 0.400. The van der Waals surface area contributed by atoms with Gasteiger partial charge in [-0.1, -0.05) is 45.7 Å². The molecule has 1 unspecified atom stereocenters. The fourth-order valence-electron chi connectivity index (χ4n) is 3.85. The first-order chi connectivity index (χ1) is 14.4. The molecule has 5 rings (SSSR count). The molecule has 1 aliphatic heterocycles. The molecule has 3 aromatic carbocycles. The number of nitrogens with zero attached hydrogens (tertiary/aromatic N) is 1. The van der Waals surface area contributed by atoms with Crippen LogP contribution in [0, 0.1) is 0 Å². The second-order valence-electron chi connectivity index (χ2n) is 6.97. The Morgan fingerprint density at radius 1 is 1.00 bits per heavy atom. The van der Waals surface area contributed by atoms with Crippen molar-refractivity contribution in [2.45, 2.75) is 6.04 Å². The van der Waals surface area contributed by atoms with Crippen molar-refractivity contribution in [1.82, 2.24) is 0 Å². The van der Waals surface area contributed by atoms with Crippen LogP contribution in [0.2, 0.25) is 5.02 Å². The molecule has 148 valence electrons. The SMILES string of the molecule is O=C1c2oc3ccc(Cl)cc3c(=O)c2C(c2cccc(O)c2)N1c1cccc(Br)c1. The number of phenolic OH excluding ortho intramolecular Hbond substituents is 1. The first-order valence-corrected chi connectivity index (χ1v) is 10.3. The molecule has 1 atom stereocenters. The topological polar surface area (TPSA) is 70.8 Å². The highest BCUT2D eigenvalue weighted by Gasteiger charge is 2.43. The number of hydrogen-bond acceptors (Lipinski definition) is 4. The molecule has 0 saturated heterocycles. The maximum Gasteiger partial charge on any atom is 0.295 e. The van der Waals surface area contributed by atoms with E-state index in [1.807, 2.05) is 6.07 Å². The summed E-state index contributed by atoms with van der Waals surface area (Å²) in [7, 11) is 0. The number of carbonyl (C=O) groups excluding carboxylic acids is 1. The molecular weight excluding hydrogens is 470 g/mol. The normalized spacial score (nSPS) is 15.6. The van der Waals surface area contributed by atoms with Crippen LogP contribution in [-0.4, -0.2) is 11.0 Å². The Bertz CT molecular complexity index is 1400. The van der Waals surface area contributed by atoms with Gasteiger partial charge >= 0.3 is 0 Å². The number of hydrogen-bond donors (Lipinski definition) is 1. The molecule has 5 nitrogen and oxygen atoms in total. The predicted molar refractivity (Wildman–Crippen MR) is 118 cm³/mol. The van der Waals surface area contributed by atoms with Crippen molar-refractivity contribution >= 4 is 50.1 Å². The minimum atomic E-state index is -0.756. The third-order valence-corrected chi connectivity index (χ3v) is 5.83. The van der Waals surface area contributed by atoms with Gasteiger partial charge < -0.3 is 9.52 Å². The molecule has 0 spiro atoms. The fourth-order valence-corrected chi connectivity index (χ4v) is 4.41. The summed E-state index contributed by atoms with van der Waals surface area (Å²) in [5.74, 6) is -0.399. The van der Waals surface area contributed by atoms with Gasteiger partial charge in [-0.3, -0.25) is 14.5 Å². The molecule has 30 heavy (non-hydrogen) atoms. The Kier molecular flexibility index (Phi) is 4.41. The summed E-state index contributed by atoms with van der Waals surface area (Å²) in [4.78, 5) is 28.4. The van der Waals surface area contributed by atoms with E-state index in [-0.39, 0.29) is 22.5 Å². The van der Waals surface area contributed by atoms with Crippen molar-refractivity contribution in [3.05, 3.63) is 103 Å². The second kappa shape index (κ2) is 7.00. The molecule has 1 aromatic heterocycles. The zero-order valence-electron chi connectivity index (χ0n) is 15.3. The van der Waals surface area contributed by atoms with E-state index in [0.29, 0.717) is 27.2 Å². The molecule has 4 aromatic rings. The van der Waals surface area contributed by atoms with Crippen molar-refractivity contribution in [1.29, 1.82) is 0 Å². The lowest BCUT2D eigenvalue weighted by Crippen LogP contribution is -2.29. The molecule has 1 N–H and O–H groups in total. The highest BCUT2D eigenvalue weighted by atomic mass is 79.9.